The van der Waals surface area contributed by atoms with E-state index >= 15 is 0 Å². The molecule has 3 nitrogen and oxygen atoms in total. The van der Waals surface area contributed by atoms with E-state index in [0.717, 1.165) is 42.7 Å². The smallest absolute Gasteiger partial charge is 0.130 e. The summed E-state index contributed by atoms with van der Waals surface area (Å²) in [4.78, 5) is 4.92. The Bertz CT molecular complexity index is 666. The van der Waals surface area contributed by atoms with E-state index in [1.165, 1.54) is 25.3 Å². The first-order valence-electron chi connectivity index (χ1n) is 8.16. The second-order valence-corrected chi connectivity index (χ2v) is 6.53. The lowest BCUT2D eigenvalue weighted by Gasteiger charge is -2.29. The summed E-state index contributed by atoms with van der Waals surface area (Å²) in [6.07, 6.45) is 6.96. The molecule has 0 bridgehead atoms. The fourth-order valence-corrected chi connectivity index (χ4v) is 3.86. The van der Waals surface area contributed by atoms with E-state index in [0.29, 0.717) is 6.04 Å². The minimum Gasteiger partial charge on any atom is -0.323 e. The van der Waals surface area contributed by atoms with Gasteiger partial charge < -0.3 is 9.88 Å². The van der Waals surface area contributed by atoms with E-state index in [4.69, 9.17) is 4.98 Å². The Morgan fingerprint density at radius 2 is 2.29 bits per heavy atom. The molecule has 2 heterocycles. The van der Waals surface area contributed by atoms with Crippen molar-refractivity contribution < 1.29 is 4.39 Å². The molecule has 0 amide bonds. The molecule has 112 valence electrons. The highest BCUT2D eigenvalue weighted by Crippen LogP contribution is 2.44. The third-order valence-electron chi connectivity index (χ3n) is 4.91. The normalized spacial score (nSPS) is 25.8. The predicted molar refractivity (Wildman–Crippen MR) is 81.8 cm³/mol. The van der Waals surface area contributed by atoms with Gasteiger partial charge in [-0.05, 0) is 56.8 Å². The second-order valence-electron chi connectivity index (χ2n) is 6.53. The van der Waals surface area contributed by atoms with Gasteiger partial charge in [-0.1, -0.05) is 13.3 Å². The van der Waals surface area contributed by atoms with Crippen LogP contribution in [0.3, 0.4) is 0 Å². The van der Waals surface area contributed by atoms with Crippen LogP contribution in [0.4, 0.5) is 4.39 Å². The number of rotatable bonds is 4. The first kappa shape index (κ1) is 13.3. The van der Waals surface area contributed by atoms with Gasteiger partial charge in [0.15, 0.2) is 0 Å². The summed E-state index contributed by atoms with van der Waals surface area (Å²) in [6, 6.07) is 5.51. The van der Waals surface area contributed by atoms with Crippen LogP contribution in [0.5, 0.6) is 0 Å². The molecule has 2 fully saturated rings. The number of nitrogens with zero attached hydrogens (tertiary/aromatic N) is 2. The van der Waals surface area contributed by atoms with Gasteiger partial charge in [-0.15, -0.1) is 0 Å². The summed E-state index contributed by atoms with van der Waals surface area (Å²) in [7, 11) is 0. The number of benzene rings is 1. The maximum absolute atomic E-state index is 13.7. The zero-order valence-corrected chi connectivity index (χ0v) is 12.5. The molecule has 0 spiro atoms. The van der Waals surface area contributed by atoms with Crippen molar-refractivity contribution in [1.29, 1.82) is 0 Å². The van der Waals surface area contributed by atoms with E-state index in [2.05, 4.69) is 16.8 Å². The summed E-state index contributed by atoms with van der Waals surface area (Å²) in [5.74, 6) is 0.977. The number of halogens is 1. The number of nitrogens with one attached hydrogen (secondary N) is 1. The second kappa shape index (κ2) is 4.80. The van der Waals surface area contributed by atoms with Gasteiger partial charge >= 0.3 is 0 Å². The largest absolute Gasteiger partial charge is 0.323 e. The maximum Gasteiger partial charge on any atom is 0.130 e. The van der Waals surface area contributed by atoms with Gasteiger partial charge in [-0.2, -0.15) is 0 Å². The Balaban J connectivity index is 1.92. The Morgan fingerprint density at radius 1 is 1.43 bits per heavy atom. The minimum absolute atomic E-state index is 0.00711. The monoisotopic (exact) mass is 287 g/mol. The average molecular weight is 287 g/mol. The fourth-order valence-electron chi connectivity index (χ4n) is 3.86. The lowest BCUT2D eigenvalue weighted by Crippen LogP contribution is -2.39. The molecule has 1 saturated carbocycles. The van der Waals surface area contributed by atoms with Crippen molar-refractivity contribution in [2.75, 3.05) is 6.54 Å². The van der Waals surface area contributed by atoms with Gasteiger partial charge in [0, 0.05) is 6.04 Å². The topological polar surface area (TPSA) is 29.9 Å². The molecule has 1 atom stereocenters. The number of hydrogen-bond donors (Lipinski definition) is 1. The van der Waals surface area contributed by atoms with Crippen molar-refractivity contribution in [2.24, 2.45) is 0 Å². The molecule has 4 heteroatoms. The number of aromatic nitrogens is 2. The Morgan fingerprint density at radius 3 is 2.95 bits per heavy atom. The van der Waals surface area contributed by atoms with Crippen molar-refractivity contribution in [3.8, 4) is 0 Å². The molecule has 2 aliphatic rings. The van der Waals surface area contributed by atoms with Crippen LogP contribution in [0.15, 0.2) is 18.2 Å². The van der Waals surface area contributed by atoms with Crippen molar-refractivity contribution in [3.05, 3.63) is 29.8 Å². The van der Waals surface area contributed by atoms with Gasteiger partial charge in [-0.3, -0.25) is 0 Å². The van der Waals surface area contributed by atoms with Crippen LogP contribution in [0.25, 0.3) is 11.0 Å². The third-order valence-corrected chi connectivity index (χ3v) is 4.91. The van der Waals surface area contributed by atoms with Crippen molar-refractivity contribution in [1.82, 2.24) is 14.9 Å². The molecule has 1 aromatic heterocycles. The molecule has 0 radical (unpaired) electrons. The standard InChI is InChI=1S/C17H22FN3/c1-2-8-17(9-3-10-19-17)16-20-14-7-4-12(18)11-15(14)21(16)13-5-6-13/h4,7,11,13,19H,2-3,5-6,8-10H2,1H3. The zero-order chi connectivity index (χ0) is 14.4. The first-order valence-corrected chi connectivity index (χ1v) is 8.16. The van der Waals surface area contributed by atoms with Crippen LogP contribution in [0.1, 0.15) is 57.3 Å². The van der Waals surface area contributed by atoms with Crippen LogP contribution < -0.4 is 5.32 Å². The van der Waals surface area contributed by atoms with Crippen molar-refractivity contribution in [2.45, 2.75) is 57.0 Å². The van der Waals surface area contributed by atoms with Gasteiger partial charge in [0.1, 0.15) is 11.6 Å². The van der Waals surface area contributed by atoms with E-state index < -0.39 is 0 Å². The average Bonchev–Trinajstić information content (AvgIpc) is 3.07. The predicted octanol–water partition coefficient (Wildman–Crippen LogP) is 3.89. The SMILES string of the molecule is CCCC1(c2nc3ccc(F)cc3n2C2CC2)CCCN1. The lowest BCUT2D eigenvalue weighted by molar-refractivity contribution is 0.322. The summed E-state index contributed by atoms with van der Waals surface area (Å²) in [6.45, 7) is 3.29. The van der Waals surface area contributed by atoms with E-state index in [-0.39, 0.29) is 11.4 Å². The zero-order valence-electron chi connectivity index (χ0n) is 12.5. The quantitative estimate of drug-likeness (QED) is 0.924. The van der Waals surface area contributed by atoms with E-state index in [1.807, 2.05) is 6.07 Å². The summed E-state index contributed by atoms with van der Waals surface area (Å²) < 4.78 is 16.0. The molecule has 1 aliphatic heterocycles. The molecule has 1 aromatic carbocycles. The fraction of sp³-hybridized carbons (Fsp3) is 0.588. The summed E-state index contributed by atoms with van der Waals surface area (Å²) in [5, 5.41) is 3.71. The van der Waals surface area contributed by atoms with Crippen molar-refractivity contribution in [3.63, 3.8) is 0 Å². The van der Waals surface area contributed by atoms with Crippen LogP contribution in [-0.4, -0.2) is 16.1 Å². The van der Waals surface area contributed by atoms with Crippen LogP contribution in [-0.2, 0) is 5.54 Å². The molecular formula is C17H22FN3. The third kappa shape index (κ3) is 2.08. The molecule has 1 N–H and O–H groups in total. The van der Waals surface area contributed by atoms with Crippen LogP contribution >= 0.6 is 0 Å². The van der Waals surface area contributed by atoms with Crippen molar-refractivity contribution >= 4 is 11.0 Å². The molecular weight excluding hydrogens is 265 g/mol. The molecule has 1 aliphatic carbocycles. The lowest BCUT2D eigenvalue weighted by atomic mass is 9.90. The van der Waals surface area contributed by atoms with Crippen LogP contribution in [0, 0.1) is 5.82 Å². The molecule has 4 rings (SSSR count). The highest BCUT2D eigenvalue weighted by atomic mass is 19.1. The number of imidazole rings is 1. The van der Waals surface area contributed by atoms with Gasteiger partial charge in [0.2, 0.25) is 0 Å². The Labute approximate surface area is 124 Å². The Kier molecular flexibility index (Phi) is 3.03. The van der Waals surface area contributed by atoms with Gasteiger partial charge in [0.05, 0.1) is 16.6 Å². The van der Waals surface area contributed by atoms with Crippen LogP contribution in [0.2, 0.25) is 0 Å². The Hall–Kier alpha value is -1.42. The summed E-state index contributed by atoms with van der Waals surface area (Å²) >= 11 is 0. The maximum atomic E-state index is 13.7. The van der Waals surface area contributed by atoms with Gasteiger partial charge in [-0.25, -0.2) is 9.37 Å². The minimum atomic E-state index is -0.167. The van der Waals surface area contributed by atoms with E-state index in [9.17, 15) is 4.39 Å². The number of fused-ring (bicyclic) bond motifs is 1. The summed E-state index contributed by atoms with van der Waals surface area (Å²) in [5.41, 5.74) is 1.89. The van der Waals surface area contributed by atoms with Gasteiger partial charge in [0.25, 0.3) is 0 Å². The molecule has 2 aromatic rings. The first-order chi connectivity index (χ1) is 10.2. The molecule has 1 unspecified atom stereocenters. The van der Waals surface area contributed by atoms with E-state index in [1.54, 1.807) is 6.07 Å². The highest BCUT2D eigenvalue weighted by molar-refractivity contribution is 5.76. The molecule has 1 saturated heterocycles. The number of hydrogen-bond acceptors (Lipinski definition) is 2. The molecule has 21 heavy (non-hydrogen) atoms. The highest BCUT2D eigenvalue weighted by Gasteiger charge is 2.41.